The lowest BCUT2D eigenvalue weighted by molar-refractivity contribution is -0.137. The van der Waals surface area contributed by atoms with Crippen molar-refractivity contribution in [2.45, 2.75) is 63.1 Å². The van der Waals surface area contributed by atoms with Gasteiger partial charge in [-0.25, -0.2) is 0 Å². The zero-order valence-corrected chi connectivity index (χ0v) is 18.3. The maximum absolute atomic E-state index is 13.1. The fourth-order valence-corrected chi connectivity index (χ4v) is 4.11. The lowest BCUT2D eigenvalue weighted by Gasteiger charge is -2.41. The molecule has 1 aliphatic heterocycles. The smallest absolute Gasteiger partial charge is 0.381 e. The largest absolute Gasteiger partial charge is 0.416 e. The number of benzene rings is 1. The SMILES string of the molecule is CCNC(=NCC1(c2cccc(C(F)(F)F)c2)CCC1)NCCCOC1CCOCC1. The van der Waals surface area contributed by atoms with Crippen LogP contribution >= 0.6 is 0 Å². The van der Waals surface area contributed by atoms with E-state index in [9.17, 15) is 13.2 Å². The molecule has 0 radical (unpaired) electrons. The topological polar surface area (TPSA) is 54.9 Å². The van der Waals surface area contributed by atoms with Gasteiger partial charge in [0.05, 0.1) is 18.2 Å². The van der Waals surface area contributed by atoms with Gasteiger partial charge in [0, 0.05) is 38.3 Å². The summed E-state index contributed by atoms with van der Waals surface area (Å²) in [6, 6.07) is 5.73. The summed E-state index contributed by atoms with van der Waals surface area (Å²) in [5.41, 5.74) is -0.164. The molecule has 1 aliphatic carbocycles. The Morgan fingerprint density at radius 2 is 2.00 bits per heavy atom. The van der Waals surface area contributed by atoms with Crippen LogP contribution in [0.1, 0.15) is 56.6 Å². The molecule has 2 N–H and O–H groups in total. The van der Waals surface area contributed by atoms with Gasteiger partial charge in [-0.15, -0.1) is 0 Å². The number of hydrogen-bond donors (Lipinski definition) is 2. The van der Waals surface area contributed by atoms with E-state index in [2.05, 4.69) is 10.6 Å². The number of guanidine groups is 1. The molecule has 5 nitrogen and oxygen atoms in total. The van der Waals surface area contributed by atoms with Gasteiger partial charge in [0.2, 0.25) is 0 Å². The molecule has 1 aromatic carbocycles. The van der Waals surface area contributed by atoms with Crippen LogP contribution in [0.15, 0.2) is 29.3 Å². The van der Waals surface area contributed by atoms with Crippen LogP contribution in [0.2, 0.25) is 0 Å². The molecule has 8 heteroatoms. The molecular formula is C23H34F3N3O2. The second-order valence-corrected chi connectivity index (χ2v) is 8.37. The maximum atomic E-state index is 13.1. The van der Waals surface area contributed by atoms with E-state index in [-0.39, 0.29) is 5.41 Å². The third-order valence-electron chi connectivity index (χ3n) is 6.13. The van der Waals surface area contributed by atoms with Gasteiger partial charge in [-0.2, -0.15) is 13.2 Å². The van der Waals surface area contributed by atoms with Gasteiger partial charge in [0.1, 0.15) is 0 Å². The van der Waals surface area contributed by atoms with Gasteiger partial charge in [-0.05, 0) is 50.7 Å². The molecule has 0 unspecified atom stereocenters. The van der Waals surface area contributed by atoms with Gasteiger partial charge >= 0.3 is 6.18 Å². The first kappa shape index (κ1) is 23.9. The van der Waals surface area contributed by atoms with Crippen LogP contribution in [0.5, 0.6) is 0 Å². The number of nitrogens with one attached hydrogen (secondary N) is 2. The van der Waals surface area contributed by atoms with Crippen molar-refractivity contribution < 1.29 is 22.6 Å². The predicted molar refractivity (Wildman–Crippen MR) is 115 cm³/mol. The Morgan fingerprint density at radius 1 is 1.23 bits per heavy atom. The molecule has 0 bridgehead atoms. The summed E-state index contributed by atoms with van der Waals surface area (Å²) in [7, 11) is 0. The summed E-state index contributed by atoms with van der Waals surface area (Å²) < 4.78 is 50.7. The van der Waals surface area contributed by atoms with Gasteiger partial charge in [-0.3, -0.25) is 4.99 Å². The molecular weight excluding hydrogens is 407 g/mol. The molecule has 3 rings (SSSR count). The van der Waals surface area contributed by atoms with Crippen molar-refractivity contribution in [1.82, 2.24) is 10.6 Å². The number of alkyl halides is 3. The van der Waals surface area contributed by atoms with Crippen molar-refractivity contribution in [3.63, 3.8) is 0 Å². The number of hydrogen-bond acceptors (Lipinski definition) is 3. The molecule has 0 spiro atoms. The number of rotatable bonds is 9. The Morgan fingerprint density at radius 3 is 2.65 bits per heavy atom. The highest BCUT2D eigenvalue weighted by atomic mass is 19.4. The molecule has 31 heavy (non-hydrogen) atoms. The molecule has 1 saturated carbocycles. The van der Waals surface area contributed by atoms with E-state index in [1.807, 2.05) is 6.92 Å². The molecule has 0 aromatic heterocycles. The molecule has 2 aliphatic rings. The lowest BCUT2D eigenvalue weighted by Crippen LogP contribution is -2.42. The molecule has 0 amide bonds. The summed E-state index contributed by atoms with van der Waals surface area (Å²) in [6.45, 7) is 6.15. The normalized spacial score (nSPS) is 19.7. The van der Waals surface area contributed by atoms with Crippen LogP contribution in [-0.2, 0) is 21.1 Å². The fraction of sp³-hybridized carbons (Fsp3) is 0.696. The minimum Gasteiger partial charge on any atom is -0.381 e. The summed E-state index contributed by atoms with van der Waals surface area (Å²) in [5, 5.41) is 6.55. The van der Waals surface area contributed by atoms with E-state index in [0.717, 1.165) is 76.5 Å². The Hall–Kier alpha value is -1.80. The van der Waals surface area contributed by atoms with Crippen LogP contribution in [0.4, 0.5) is 13.2 Å². The van der Waals surface area contributed by atoms with Gasteiger partial charge in [-0.1, -0.05) is 24.6 Å². The fourth-order valence-electron chi connectivity index (χ4n) is 4.11. The highest BCUT2D eigenvalue weighted by Gasteiger charge is 2.40. The Bertz CT molecular complexity index is 714. The third-order valence-corrected chi connectivity index (χ3v) is 6.13. The summed E-state index contributed by atoms with van der Waals surface area (Å²) in [6.07, 6.45) is 1.46. The number of aliphatic imine (C=N–C) groups is 1. The maximum Gasteiger partial charge on any atom is 0.416 e. The van der Waals surface area contributed by atoms with Crippen molar-refractivity contribution >= 4 is 5.96 Å². The summed E-state index contributed by atoms with van der Waals surface area (Å²) in [5.74, 6) is 0.701. The number of nitrogens with zero attached hydrogens (tertiary/aromatic N) is 1. The highest BCUT2D eigenvalue weighted by molar-refractivity contribution is 5.79. The van der Waals surface area contributed by atoms with Crippen LogP contribution in [0.25, 0.3) is 0 Å². The highest BCUT2D eigenvalue weighted by Crippen LogP contribution is 2.45. The van der Waals surface area contributed by atoms with E-state index in [1.54, 1.807) is 6.07 Å². The predicted octanol–water partition coefficient (Wildman–Crippen LogP) is 4.27. The minimum absolute atomic E-state index is 0.293. The Balaban J connectivity index is 1.53. The molecule has 0 atom stereocenters. The van der Waals surface area contributed by atoms with Crippen LogP contribution in [0, 0.1) is 0 Å². The van der Waals surface area contributed by atoms with Crippen molar-refractivity contribution in [3.05, 3.63) is 35.4 Å². The molecule has 1 aromatic rings. The average Bonchev–Trinajstić information content (AvgIpc) is 2.73. The summed E-state index contributed by atoms with van der Waals surface area (Å²) in [4.78, 5) is 4.72. The molecule has 174 valence electrons. The zero-order valence-electron chi connectivity index (χ0n) is 18.3. The zero-order chi connectivity index (χ0) is 22.2. The van der Waals surface area contributed by atoms with Crippen LogP contribution in [0.3, 0.4) is 0 Å². The monoisotopic (exact) mass is 441 g/mol. The molecule has 1 heterocycles. The van der Waals surface area contributed by atoms with Crippen molar-refractivity contribution in [1.29, 1.82) is 0 Å². The first-order chi connectivity index (χ1) is 14.9. The standard InChI is InChI=1S/C23H34F3N3O2/c1-2-27-21(28-12-5-13-31-20-8-14-30-15-9-20)29-17-22(10-4-11-22)18-6-3-7-19(16-18)23(24,25)26/h3,6-7,16,20H,2,4-5,8-15,17H2,1H3,(H2,27,28,29). The summed E-state index contributed by atoms with van der Waals surface area (Å²) >= 11 is 0. The molecule has 1 saturated heterocycles. The van der Waals surface area contributed by atoms with Gasteiger partial charge in [0.25, 0.3) is 0 Å². The molecule has 2 fully saturated rings. The van der Waals surface area contributed by atoms with Crippen molar-refractivity contribution in [2.24, 2.45) is 4.99 Å². The third kappa shape index (κ3) is 6.84. The van der Waals surface area contributed by atoms with Crippen LogP contribution < -0.4 is 10.6 Å². The Kier molecular flexibility index (Phi) is 8.60. The van der Waals surface area contributed by atoms with E-state index in [1.165, 1.54) is 12.1 Å². The number of ether oxygens (including phenoxy) is 2. The first-order valence-corrected chi connectivity index (χ1v) is 11.3. The minimum atomic E-state index is -4.33. The Labute approximate surface area is 182 Å². The quantitative estimate of drug-likeness (QED) is 0.341. The average molecular weight is 442 g/mol. The first-order valence-electron chi connectivity index (χ1n) is 11.3. The lowest BCUT2D eigenvalue weighted by atomic mass is 9.64. The number of halogens is 3. The van der Waals surface area contributed by atoms with Gasteiger partial charge < -0.3 is 20.1 Å². The van der Waals surface area contributed by atoms with Gasteiger partial charge in [0.15, 0.2) is 5.96 Å². The second kappa shape index (κ2) is 11.2. The van der Waals surface area contributed by atoms with Crippen LogP contribution in [-0.4, -0.2) is 51.5 Å². The van der Waals surface area contributed by atoms with Crippen molar-refractivity contribution in [2.75, 3.05) is 39.5 Å². The van der Waals surface area contributed by atoms with E-state index >= 15 is 0 Å². The second-order valence-electron chi connectivity index (χ2n) is 8.37. The van der Waals surface area contributed by atoms with Crippen molar-refractivity contribution in [3.8, 4) is 0 Å². The van der Waals surface area contributed by atoms with E-state index < -0.39 is 11.7 Å². The van der Waals surface area contributed by atoms with E-state index in [0.29, 0.717) is 25.2 Å². The van der Waals surface area contributed by atoms with E-state index in [4.69, 9.17) is 14.5 Å².